The average molecular weight is 286 g/mol. The lowest BCUT2D eigenvalue weighted by atomic mass is 9.43. The van der Waals surface area contributed by atoms with Crippen molar-refractivity contribution >= 4 is 0 Å². The maximum atomic E-state index is 2.46. The van der Waals surface area contributed by atoms with Gasteiger partial charge in [0, 0.05) is 5.41 Å². The minimum atomic E-state index is 0.362. The topological polar surface area (TPSA) is 0 Å². The van der Waals surface area contributed by atoms with Crippen molar-refractivity contribution in [2.75, 3.05) is 0 Å². The van der Waals surface area contributed by atoms with Gasteiger partial charge in [0.15, 0.2) is 0 Å². The zero-order valence-corrected chi connectivity index (χ0v) is 13.0. The van der Waals surface area contributed by atoms with Gasteiger partial charge in [0.05, 0.1) is 0 Å². The van der Waals surface area contributed by atoms with Crippen LogP contribution in [0.5, 0.6) is 0 Å². The van der Waals surface area contributed by atoms with Gasteiger partial charge in [-0.2, -0.15) is 0 Å². The van der Waals surface area contributed by atoms with Gasteiger partial charge in [0.1, 0.15) is 0 Å². The van der Waals surface area contributed by atoms with Crippen LogP contribution in [0.15, 0.2) is 48.5 Å². The first-order valence-corrected chi connectivity index (χ1v) is 9.06. The molecule has 0 aromatic heterocycles. The zero-order valence-electron chi connectivity index (χ0n) is 13.0. The summed E-state index contributed by atoms with van der Waals surface area (Å²) in [7, 11) is 0. The van der Waals surface area contributed by atoms with Gasteiger partial charge in [-0.3, -0.25) is 0 Å². The van der Waals surface area contributed by atoms with Crippen molar-refractivity contribution in [2.24, 2.45) is 23.7 Å². The van der Waals surface area contributed by atoms with E-state index >= 15 is 0 Å². The van der Waals surface area contributed by atoms with Gasteiger partial charge in [-0.15, -0.1) is 0 Å². The van der Waals surface area contributed by atoms with Gasteiger partial charge in [-0.25, -0.2) is 0 Å². The van der Waals surface area contributed by atoms with Crippen LogP contribution in [0.1, 0.15) is 43.2 Å². The molecule has 0 N–H and O–H groups in total. The third-order valence-corrected chi connectivity index (χ3v) is 7.46. The van der Waals surface area contributed by atoms with Crippen LogP contribution in [-0.2, 0) is 5.41 Å². The lowest BCUT2D eigenvalue weighted by Crippen LogP contribution is -2.55. The number of benzene rings is 2. The minimum Gasteiger partial charge on any atom is -0.0619 e. The Morgan fingerprint density at radius 2 is 1.05 bits per heavy atom. The molecule has 0 unspecified atom stereocenters. The van der Waals surface area contributed by atoms with Crippen molar-refractivity contribution in [2.45, 2.75) is 37.5 Å². The largest absolute Gasteiger partial charge is 0.0619 e. The highest BCUT2D eigenvalue weighted by atomic mass is 14.6. The molecule has 0 heterocycles. The van der Waals surface area contributed by atoms with E-state index in [1.165, 1.54) is 43.2 Å². The van der Waals surface area contributed by atoms with Crippen LogP contribution in [-0.4, -0.2) is 0 Å². The molecule has 0 atom stereocenters. The second-order valence-electron chi connectivity index (χ2n) is 8.26. The van der Waals surface area contributed by atoms with Crippen molar-refractivity contribution in [1.82, 2.24) is 0 Å². The summed E-state index contributed by atoms with van der Waals surface area (Å²) in [6.45, 7) is 0. The summed E-state index contributed by atoms with van der Waals surface area (Å²) in [5, 5.41) is 0. The standard InChI is InChI=1S/C22H22/c1-3-7-20-18(5-1)19-6-2-4-8-21(19)22(20)16-10-14-9-15(12-16)13-17(22)11-14/h1-8,14-17H,9-13H2. The highest BCUT2D eigenvalue weighted by Gasteiger charge is 2.61. The maximum absolute atomic E-state index is 2.46. The second kappa shape index (κ2) is 3.85. The molecular formula is C22H22. The zero-order chi connectivity index (χ0) is 14.3. The summed E-state index contributed by atoms with van der Waals surface area (Å²) in [5.74, 6) is 3.86. The summed E-state index contributed by atoms with van der Waals surface area (Å²) in [6.07, 6.45) is 7.46. The molecule has 0 aliphatic heterocycles. The Hall–Kier alpha value is -1.56. The predicted octanol–water partition coefficient (Wildman–Crippen LogP) is 5.41. The van der Waals surface area contributed by atoms with E-state index in [1.54, 1.807) is 11.1 Å². The van der Waals surface area contributed by atoms with Crippen molar-refractivity contribution < 1.29 is 0 Å². The second-order valence-corrected chi connectivity index (χ2v) is 8.26. The Morgan fingerprint density at radius 3 is 1.55 bits per heavy atom. The third kappa shape index (κ3) is 1.20. The fourth-order valence-electron chi connectivity index (χ4n) is 7.11. The molecule has 2 aromatic rings. The van der Waals surface area contributed by atoms with E-state index in [2.05, 4.69) is 48.5 Å². The fraction of sp³-hybridized carbons (Fsp3) is 0.455. The van der Waals surface area contributed by atoms with Crippen molar-refractivity contribution in [3.05, 3.63) is 59.7 Å². The third-order valence-electron chi connectivity index (χ3n) is 7.46. The minimum absolute atomic E-state index is 0.362. The molecule has 4 saturated carbocycles. The molecule has 2 aromatic carbocycles. The van der Waals surface area contributed by atoms with Crippen LogP contribution in [0.25, 0.3) is 11.1 Å². The van der Waals surface area contributed by atoms with Gasteiger partial charge in [-0.1, -0.05) is 48.5 Å². The highest BCUT2D eigenvalue weighted by molar-refractivity contribution is 5.81. The predicted molar refractivity (Wildman–Crippen MR) is 89.7 cm³/mol. The van der Waals surface area contributed by atoms with Crippen LogP contribution >= 0.6 is 0 Å². The molecular weight excluding hydrogens is 264 g/mol. The SMILES string of the molecule is c1ccc2c(c1)-c1ccccc1C21C2CC3CC(C2)CC1C3. The normalized spacial score (nSPS) is 35.6. The average Bonchev–Trinajstić information content (AvgIpc) is 2.84. The van der Waals surface area contributed by atoms with E-state index in [4.69, 9.17) is 0 Å². The summed E-state index contributed by atoms with van der Waals surface area (Å²) in [5.41, 5.74) is 6.77. The van der Waals surface area contributed by atoms with Crippen LogP contribution in [0.3, 0.4) is 0 Å². The quantitative estimate of drug-likeness (QED) is 0.607. The Bertz CT molecular complexity index is 694. The first-order chi connectivity index (χ1) is 10.9. The molecule has 0 saturated heterocycles. The molecule has 7 rings (SSSR count). The van der Waals surface area contributed by atoms with E-state index in [-0.39, 0.29) is 0 Å². The highest BCUT2D eigenvalue weighted by Crippen LogP contribution is 2.69. The Kier molecular flexibility index (Phi) is 2.09. The fourth-order valence-corrected chi connectivity index (χ4v) is 7.11. The lowest BCUT2D eigenvalue weighted by molar-refractivity contribution is -0.0399. The Morgan fingerprint density at radius 1 is 0.591 bits per heavy atom. The number of rotatable bonds is 0. The molecule has 0 nitrogen and oxygen atoms in total. The first-order valence-electron chi connectivity index (χ1n) is 9.06. The van der Waals surface area contributed by atoms with E-state index in [9.17, 15) is 0 Å². The van der Waals surface area contributed by atoms with Crippen molar-refractivity contribution in [3.63, 3.8) is 0 Å². The molecule has 0 heteroatoms. The molecule has 4 bridgehead atoms. The molecule has 110 valence electrons. The number of hydrogen-bond donors (Lipinski definition) is 0. The Balaban J connectivity index is 1.69. The number of fused-ring (bicyclic) bond motifs is 3. The van der Waals surface area contributed by atoms with Crippen LogP contribution in [0.4, 0.5) is 0 Å². The van der Waals surface area contributed by atoms with E-state index in [1.807, 2.05) is 0 Å². The maximum Gasteiger partial charge on any atom is 0.0271 e. The van der Waals surface area contributed by atoms with E-state index in [0.717, 1.165) is 23.7 Å². The number of hydrogen-bond acceptors (Lipinski definition) is 0. The summed E-state index contributed by atoms with van der Waals surface area (Å²) < 4.78 is 0. The summed E-state index contributed by atoms with van der Waals surface area (Å²) >= 11 is 0. The first kappa shape index (κ1) is 11.9. The van der Waals surface area contributed by atoms with Gasteiger partial charge in [0.2, 0.25) is 0 Å². The molecule has 4 fully saturated rings. The van der Waals surface area contributed by atoms with Gasteiger partial charge in [-0.05, 0) is 78.0 Å². The van der Waals surface area contributed by atoms with Crippen LogP contribution in [0, 0.1) is 23.7 Å². The van der Waals surface area contributed by atoms with Crippen LogP contribution < -0.4 is 0 Å². The van der Waals surface area contributed by atoms with E-state index < -0.39 is 0 Å². The summed E-state index contributed by atoms with van der Waals surface area (Å²) in [4.78, 5) is 0. The molecule has 5 aliphatic carbocycles. The van der Waals surface area contributed by atoms with Gasteiger partial charge < -0.3 is 0 Å². The summed E-state index contributed by atoms with van der Waals surface area (Å²) in [6, 6.07) is 18.7. The van der Waals surface area contributed by atoms with Crippen molar-refractivity contribution in [1.29, 1.82) is 0 Å². The molecule has 0 amide bonds. The molecule has 0 radical (unpaired) electrons. The molecule has 22 heavy (non-hydrogen) atoms. The van der Waals surface area contributed by atoms with Crippen molar-refractivity contribution in [3.8, 4) is 11.1 Å². The Labute approximate surface area is 132 Å². The smallest absolute Gasteiger partial charge is 0.0271 e. The molecule has 1 spiro atoms. The van der Waals surface area contributed by atoms with Gasteiger partial charge in [0.25, 0.3) is 0 Å². The van der Waals surface area contributed by atoms with Crippen LogP contribution in [0.2, 0.25) is 0 Å². The monoisotopic (exact) mass is 286 g/mol. The lowest BCUT2D eigenvalue weighted by Gasteiger charge is -2.61. The molecule has 5 aliphatic rings. The van der Waals surface area contributed by atoms with Gasteiger partial charge >= 0.3 is 0 Å². The van der Waals surface area contributed by atoms with E-state index in [0.29, 0.717) is 5.41 Å².